The molecule has 3 atom stereocenters. The molecule has 1 amide bonds. The fourth-order valence-corrected chi connectivity index (χ4v) is 2.93. The number of hydrogen-bond acceptors (Lipinski definition) is 2. The number of carbonyl (C=O) groups excluding carboxylic acids is 1. The van der Waals surface area contributed by atoms with E-state index in [-0.39, 0.29) is 5.91 Å². The highest BCUT2D eigenvalue weighted by molar-refractivity contribution is 5.79. The zero-order chi connectivity index (χ0) is 13.8. The Bertz CT molecular complexity index is 444. The Balaban J connectivity index is 1.90. The van der Waals surface area contributed by atoms with Crippen LogP contribution in [-0.2, 0) is 11.2 Å². The molecule has 104 valence electrons. The van der Waals surface area contributed by atoms with Crippen LogP contribution in [0.25, 0.3) is 0 Å². The summed E-state index contributed by atoms with van der Waals surface area (Å²) >= 11 is 0. The van der Waals surface area contributed by atoms with Crippen LogP contribution in [-0.4, -0.2) is 11.9 Å². The van der Waals surface area contributed by atoms with Gasteiger partial charge in [-0.2, -0.15) is 0 Å². The van der Waals surface area contributed by atoms with Crippen LogP contribution in [0.2, 0.25) is 0 Å². The van der Waals surface area contributed by atoms with Gasteiger partial charge in [0.15, 0.2) is 0 Å². The highest BCUT2D eigenvalue weighted by Crippen LogP contribution is 2.29. The summed E-state index contributed by atoms with van der Waals surface area (Å²) in [6, 6.07) is 7.88. The maximum absolute atomic E-state index is 12.1. The van der Waals surface area contributed by atoms with Gasteiger partial charge in [-0.1, -0.05) is 38.8 Å². The molecule has 0 aromatic heterocycles. The van der Waals surface area contributed by atoms with E-state index in [4.69, 9.17) is 5.73 Å². The lowest BCUT2D eigenvalue weighted by Gasteiger charge is -2.34. The number of benzene rings is 1. The predicted octanol–water partition coefficient (Wildman–Crippen LogP) is 2.75. The second-order valence-electron chi connectivity index (χ2n) is 5.86. The number of amides is 1. The molecule has 3 unspecified atom stereocenters. The number of nitrogens with one attached hydrogen (secondary N) is 1. The van der Waals surface area contributed by atoms with Gasteiger partial charge in [0.1, 0.15) is 0 Å². The molecular weight excluding hydrogens is 236 g/mol. The molecule has 3 N–H and O–H groups in total. The monoisotopic (exact) mass is 260 g/mol. The van der Waals surface area contributed by atoms with Crippen LogP contribution in [0.15, 0.2) is 24.3 Å². The number of hydrogen-bond donors (Lipinski definition) is 2. The minimum absolute atomic E-state index is 0.108. The summed E-state index contributed by atoms with van der Waals surface area (Å²) in [6.07, 6.45) is 4.02. The Labute approximate surface area is 115 Å². The molecule has 1 aliphatic rings. The van der Waals surface area contributed by atoms with Gasteiger partial charge in [0, 0.05) is 11.7 Å². The molecule has 19 heavy (non-hydrogen) atoms. The van der Waals surface area contributed by atoms with Gasteiger partial charge in [0.25, 0.3) is 0 Å². The number of rotatable bonds is 3. The Morgan fingerprint density at radius 1 is 1.37 bits per heavy atom. The van der Waals surface area contributed by atoms with E-state index in [2.05, 4.69) is 19.2 Å². The van der Waals surface area contributed by atoms with Crippen molar-refractivity contribution in [3.63, 3.8) is 0 Å². The lowest BCUT2D eigenvalue weighted by Crippen LogP contribution is -2.44. The fraction of sp³-hybridized carbons (Fsp3) is 0.562. The molecule has 0 aliphatic heterocycles. The first-order chi connectivity index (χ1) is 9.06. The van der Waals surface area contributed by atoms with Crippen molar-refractivity contribution in [2.24, 2.45) is 11.8 Å². The topological polar surface area (TPSA) is 55.1 Å². The third kappa shape index (κ3) is 3.72. The average molecular weight is 260 g/mol. The van der Waals surface area contributed by atoms with Crippen LogP contribution >= 0.6 is 0 Å². The summed E-state index contributed by atoms with van der Waals surface area (Å²) in [5.41, 5.74) is 7.42. The molecule has 1 aliphatic carbocycles. The van der Waals surface area contributed by atoms with E-state index in [9.17, 15) is 4.79 Å². The molecule has 3 nitrogen and oxygen atoms in total. The smallest absolute Gasteiger partial charge is 0.224 e. The van der Waals surface area contributed by atoms with Gasteiger partial charge in [0.2, 0.25) is 5.91 Å². The standard InChI is InChI=1S/C16H24N2O/c1-11-5-3-8-15(12(11)2)18-16(19)10-13-6-4-7-14(17)9-13/h4,6-7,9,11-12,15H,3,5,8,10,17H2,1-2H3,(H,18,19). The lowest BCUT2D eigenvalue weighted by atomic mass is 9.78. The Morgan fingerprint density at radius 2 is 2.16 bits per heavy atom. The molecular formula is C16H24N2O. The average Bonchev–Trinajstić information content (AvgIpc) is 2.35. The maximum atomic E-state index is 12.1. The van der Waals surface area contributed by atoms with E-state index in [1.165, 1.54) is 12.8 Å². The van der Waals surface area contributed by atoms with E-state index in [1.807, 2.05) is 24.3 Å². The van der Waals surface area contributed by atoms with Crippen LogP contribution in [0.3, 0.4) is 0 Å². The van der Waals surface area contributed by atoms with E-state index >= 15 is 0 Å². The molecule has 2 rings (SSSR count). The molecule has 1 aromatic rings. The minimum Gasteiger partial charge on any atom is -0.399 e. The fourth-order valence-electron chi connectivity index (χ4n) is 2.93. The van der Waals surface area contributed by atoms with E-state index in [1.54, 1.807) is 0 Å². The summed E-state index contributed by atoms with van der Waals surface area (Å²) in [5, 5.41) is 3.19. The molecule has 0 radical (unpaired) electrons. The second-order valence-corrected chi connectivity index (χ2v) is 5.86. The largest absolute Gasteiger partial charge is 0.399 e. The van der Waals surface area contributed by atoms with Crippen LogP contribution in [0, 0.1) is 11.8 Å². The molecule has 1 saturated carbocycles. The third-order valence-corrected chi connectivity index (χ3v) is 4.37. The summed E-state index contributed by atoms with van der Waals surface area (Å²) < 4.78 is 0. The highest BCUT2D eigenvalue weighted by atomic mass is 16.1. The van der Waals surface area contributed by atoms with Gasteiger partial charge in [-0.15, -0.1) is 0 Å². The Morgan fingerprint density at radius 3 is 2.89 bits per heavy atom. The van der Waals surface area contributed by atoms with E-state index in [0.29, 0.717) is 30.0 Å². The first-order valence-electron chi connectivity index (χ1n) is 7.20. The Hall–Kier alpha value is -1.51. The molecule has 1 fully saturated rings. The normalized spacial score (nSPS) is 26.9. The van der Waals surface area contributed by atoms with Crippen molar-refractivity contribution < 1.29 is 4.79 Å². The quantitative estimate of drug-likeness (QED) is 0.821. The van der Waals surface area contributed by atoms with Gasteiger partial charge < -0.3 is 11.1 Å². The van der Waals surface area contributed by atoms with E-state index in [0.717, 1.165) is 12.0 Å². The Kier molecular flexibility index (Phi) is 4.46. The number of nitrogen functional groups attached to an aromatic ring is 1. The van der Waals surface area contributed by atoms with Gasteiger partial charge >= 0.3 is 0 Å². The zero-order valence-corrected chi connectivity index (χ0v) is 11.9. The van der Waals surface area contributed by atoms with Gasteiger partial charge in [-0.25, -0.2) is 0 Å². The zero-order valence-electron chi connectivity index (χ0n) is 11.9. The van der Waals surface area contributed by atoms with Gasteiger partial charge in [0.05, 0.1) is 6.42 Å². The predicted molar refractivity (Wildman–Crippen MR) is 78.7 cm³/mol. The molecule has 3 heteroatoms. The third-order valence-electron chi connectivity index (χ3n) is 4.37. The highest BCUT2D eigenvalue weighted by Gasteiger charge is 2.27. The molecule has 0 spiro atoms. The molecule has 0 bridgehead atoms. The summed E-state index contributed by atoms with van der Waals surface area (Å²) in [4.78, 5) is 12.1. The van der Waals surface area contributed by atoms with Crippen molar-refractivity contribution in [1.29, 1.82) is 0 Å². The van der Waals surface area contributed by atoms with Crippen molar-refractivity contribution in [2.75, 3.05) is 5.73 Å². The van der Waals surface area contributed by atoms with Crippen molar-refractivity contribution in [1.82, 2.24) is 5.32 Å². The number of carbonyl (C=O) groups is 1. The number of anilines is 1. The summed E-state index contributed by atoms with van der Waals surface area (Å²) in [6.45, 7) is 4.52. The molecule has 1 aromatic carbocycles. The summed E-state index contributed by atoms with van der Waals surface area (Å²) in [7, 11) is 0. The van der Waals surface area contributed by atoms with Gasteiger partial charge in [-0.3, -0.25) is 4.79 Å². The lowest BCUT2D eigenvalue weighted by molar-refractivity contribution is -0.121. The second kappa shape index (κ2) is 6.09. The van der Waals surface area contributed by atoms with Crippen LogP contribution < -0.4 is 11.1 Å². The molecule has 0 saturated heterocycles. The first-order valence-corrected chi connectivity index (χ1v) is 7.20. The van der Waals surface area contributed by atoms with Crippen molar-refractivity contribution in [2.45, 2.75) is 45.6 Å². The SMILES string of the molecule is CC1CCCC(NC(=O)Cc2cccc(N)c2)C1C. The first kappa shape index (κ1) is 13.9. The van der Waals surface area contributed by atoms with Gasteiger partial charge in [-0.05, 0) is 36.0 Å². The minimum atomic E-state index is 0.108. The van der Waals surface area contributed by atoms with Crippen molar-refractivity contribution in [3.8, 4) is 0 Å². The number of nitrogens with two attached hydrogens (primary N) is 1. The van der Waals surface area contributed by atoms with Crippen molar-refractivity contribution >= 4 is 11.6 Å². The van der Waals surface area contributed by atoms with Crippen LogP contribution in [0.1, 0.15) is 38.7 Å². The van der Waals surface area contributed by atoms with E-state index < -0.39 is 0 Å². The van der Waals surface area contributed by atoms with Crippen LogP contribution in [0.4, 0.5) is 5.69 Å². The maximum Gasteiger partial charge on any atom is 0.224 e. The summed E-state index contributed by atoms with van der Waals surface area (Å²) in [5.74, 6) is 1.38. The molecule has 0 heterocycles. The van der Waals surface area contributed by atoms with Crippen LogP contribution in [0.5, 0.6) is 0 Å². The van der Waals surface area contributed by atoms with Crippen molar-refractivity contribution in [3.05, 3.63) is 29.8 Å².